The molecule has 1 heterocycles. The zero-order valence-electron chi connectivity index (χ0n) is 8.16. The molecule has 2 rings (SSSR count). The average Bonchev–Trinajstić information content (AvgIpc) is 2.62. The Morgan fingerprint density at radius 3 is 2.69 bits per heavy atom. The lowest BCUT2D eigenvalue weighted by Gasteiger charge is -1.91. The van der Waals surface area contributed by atoms with Crippen LogP contribution in [0.1, 0.15) is 0 Å². The normalized spacial score (nSPS) is 15.9. The minimum Gasteiger partial charge on any atom is -0.507 e. The van der Waals surface area contributed by atoms with Gasteiger partial charge in [0.15, 0.2) is 10.7 Å². The van der Waals surface area contributed by atoms with Crippen molar-refractivity contribution in [3.63, 3.8) is 0 Å². The van der Waals surface area contributed by atoms with Crippen LogP contribution in [0.15, 0.2) is 50.6 Å². The van der Waals surface area contributed by atoms with Crippen LogP contribution in [0.4, 0.5) is 5.69 Å². The summed E-state index contributed by atoms with van der Waals surface area (Å²) in [4.78, 5) is 11.2. The van der Waals surface area contributed by atoms with Gasteiger partial charge in [-0.25, -0.2) is 4.79 Å². The second-order valence-electron chi connectivity index (χ2n) is 2.96. The van der Waals surface area contributed by atoms with Crippen molar-refractivity contribution in [2.45, 2.75) is 0 Å². The van der Waals surface area contributed by atoms with Gasteiger partial charge in [-0.05, 0) is 12.1 Å². The number of esters is 1. The van der Waals surface area contributed by atoms with E-state index >= 15 is 0 Å². The van der Waals surface area contributed by atoms with Crippen molar-refractivity contribution in [2.24, 2.45) is 9.63 Å². The first kappa shape index (κ1) is 10.7. The maximum Gasteiger partial charge on any atom is 0.350 e. The number of carbonyl (C=O) groups excluding carboxylic acids is 1. The highest BCUT2D eigenvalue weighted by atomic mass is 32.2. The Bertz CT molecular complexity index is 456. The predicted octanol–water partition coefficient (Wildman–Crippen LogP) is 2.74. The lowest BCUT2D eigenvalue weighted by atomic mass is 10.3. The van der Waals surface area contributed by atoms with Gasteiger partial charge in [-0.15, -0.1) is 9.63 Å². The summed E-state index contributed by atoms with van der Waals surface area (Å²) in [5.74, 6) is -0.656. The molecule has 1 aromatic carbocycles. The van der Waals surface area contributed by atoms with Crippen molar-refractivity contribution in [1.82, 2.24) is 0 Å². The summed E-state index contributed by atoms with van der Waals surface area (Å²) >= 11 is 0.808. The van der Waals surface area contributed by atoms with Crippen LogP contribution in [0.25, 0.3) is 0 Å². The molecule has 1 aliphatic rings. The number of hydrogen-bond acceptors (Lipinski definition) is 6. The van der Waals surface area contributed by atoms with Crippen LogP contribution in [0, 0.1) is 0 Å². The zero-order chi connectivity index (χ0) is 11.4. The number of carbonyl (C=O) groups is 1. The van der Waals surface area contributed by atoms with E-state index in [1.807, 2.05) is 18.2 Å². The van der Waals surface area contributed by atoms with Gasteiger partial charge in [0.25, 0.3) is 0 Å². The molecule has 0 spiro atoms. The molecule has 6 heteroatoms. The fraction of sp³-hybridized carbons (Fsp3) is 0.100. The molecule has 0 atom stereocenters. The van der Waals surface area contributed by atoms with Crippen molar-refractivity contribution in [3.8, 4) is 0 Å². The second kappa shape index (κ2) is 4.80. The van der Waals surface area contributed by atoms with Gasteiger partial charge >= 0.3 is 5.97 Å². The van der Waals surface area contributed by atoms with Crippen molar-refractivity contribution in [1.29, 1.82) is 0 Å². The summed E-state index contributed by atoms with van der Waals surface area (Å²) < 4.78 is 8.34. The number of ether oxygens (including phenoxy) is 1. The van der Waals surface area contributed by atoms with Gasteiger partial charge in [0, 0.05) is 11.9 Å². The standard InChI is InChI=1S/C10H8N2O3S/c13-8-6-15-10(14)9(8)16-12-11-7-4-2-1-3-5-7/h1-5,13H,6H2. The van der Waals surface area contributed by atoms with Gasteiger partial charge in [-0.3, -0.25) is 0 Å². The SMILES string of the molecule is O=C1OCC(O)=C1SN=Nc1ccccc1. The highest BCUT2D eigenvalue weighted by Gasteiger charge is 2.25. The molecule has 0 aromatic heterocycles. The van der Waals surface area contributed by atoms with E-state index < -0.39 is 5.97 Å². The number of rotatable bonds is 3. The lowest BCUT2D eigenvalue weighted by molar-refractivity contribution is -0.135. The van der Waals surface area contributed by atoms with Crippen molar-refractivity contribution < 1.29 is 14.6 Å². The number of aliphatic hydroxyl groups excluding tert-OH is 1. The van der Waals surface area contributed by atoms with Gasteiger partial charge in [-0.1, -0.05) is 18.2 Å². The van der Waals surface area contributed by atoms with E-state index in [9.17, 15) is 9.90 Å². The first-order chi connectivity index (χ1) is 7.77. The predicted molar refractivity (Wildman–Crippen MR) is 59.2 cm³/mol. The Hall–Kier alpha value is -1.82. The fourth-order valence-corrected chi connectivity index (χ4v) is 1.59. The van der Waals surface area contributed by atoms with Crippen LogP contribution in [0.5, 0.6) is 0 Å². The average molecular weight is 236 g/mol. The zero-order valence-corrected chi connectivity index (χ0v) is 8.98. The summed E-state index contributed by atoms with van der Waals surface area (Å²) in [5, 5.41) is 13.1. The Morgan fingerprint density at radius 1 is 1.31 bits per heavy atom. The number of nitrogens with zero attached hydrogens (tertiary/aromatic N) is 2. The summed E-state index contributed by atoms with van der Waals surface area (Å²) in [7, 11) is 0. The molecule has 0 bridgehead atoms. The molecule has 0 saturated carbocycles. The maximum absolute atomic E-state index is 11.1. The summed E-state index contributed by atoms with van der Waals surface area (Å²) in [5.41, 5.74) is 0.682. The Labute approximate surface area is 96.0 Å². The third-order valence-electron chi connectivity index (χ3n) is 1.83. The minimum absolute atomic E-state index is 0.0813. The smallest absolute Gasteiger partial charge is 0.350 e. The van der Waals surface area contributed by atoms with Crippen molar-refractivity contribution in [3.05, 3.63) is 41.0 Å². The quantitative estimate of drug-likeness (QED) is 0.497. The molecule has 0 aliphatic carbocycles. The van der Waals surface area contributed by atoms with E-state index in [0.29, 0.717) is 5.69 Å². The van der Waals surface area contributed by atoms with Crippen molar-refractivity contribution in [2.75, 3.05) is 6.61 Å². The van der Waals surface area contributed by atoms with E-state index in [1.54, 1.807) is 12.1 Å². The van der Waals surface area contributed by atoms with E-state index in [1.165, 1.54) is 0 Å². The first-order valence-corrected chi connectivity index (χ1v) is 5.27. The third-order valence-corrected chi connectivity index (χ3v) is 2.58. The molecule has 16 heavy (non-hydrogen) atoms. The van der Waals surface area contributed by atoms with Crippen LogP contribution in [-0.2, 0) is 9.53 Å². The fourth-order valence-electron chi connectivity index (χ4n) is 1.08. The Morgan fingerprint density at radius 2 is 2.06 bits per heavy atom. The summed E-state index contributed by atoms with van der Waals surface area (Å²) in [6.45, 7) is -0.0813. The van der Waals surface area contributed by atoms with Gasteiger partial charge in [0.1, 0.15) is 6.61 Å². The molecule has 0 fully saturated rings. The molecule has 1 aliphatic heterocycles. The maximum atomic E-state index is 11.1. The second-order valence-corrected chi connectivity index (χ2v) is 3.71. The third kappa shape index (κ3) is 2.40. The van der Waals surface area contributed by atoms with E-state index in [2.05, 4.69) is 14.4 Å². The van der Waals surface area contributed by atoms with Crippen LogP contribution in [-0.4, -0.2) is 17.7 Å². The minimum atomic E-state index is -0.561. The van der Waals surface area contributed by atoms with Gasteiger partial charge in [0.05, 0.1) is 5.69 Å². The molecule has 0 unspecified atom stereocenters. The van der Waals surface area contributed by atoms with Gasteiger partial charge in [-0.2, -0.15) is 0 Å². The number of aliphatic hydroxyl groups is 1. The molecule has 5 nitrogen and oxygen atoms in total. The van der Waals surface area contributed by atoms with Crippen LogP contribution in [0.2, 0.25) is 0 Å². The van der Waals surface area contributed by atoms with E-state index in [-0.39, 0.29) is 17.3 Å². The molecular weight excluding hydrogens is 228 g/mol. The highest BCUT2D eigenvalue weighted by molar-refractivity contribution is 8.02. The monoisotopic (exact) mass is 236 g/mol. The molecule has 0 saturated heterocycles. The number of benzene rings is 1. The largest absolute Gasteiger partial charge is 0.507 e. The molecule has 1 aromatic rings. The van der Waals surface area contributed by atoms with Crippen LogP contribution < -0.4 is 0 Å². The highest BCUT2D eigenvalue weighted by Crippen LogP contribution is 2.27. The Balaban J connectivity index is 2.00. The number of hydrogen-bond donors (Lipinski definition) is 1. The molecule has 0 amide bonds. The van der Waals surface area contributed by atoms with E-state index in [4.69, 9.17) is 0 Å². The van der Waals surface area contributed by atoms with Crippen molar-refractivity contribution >= 4 is 23.6 Å². The molecule has 1 N–H and O–H groups in total. The van der Waals surface area contributed by atoms with Gasteiger partial charge in [0.2, 0.25) is 0 Å². The Kier molecular flexibility index (Phi) is 3.21. The van der Waals surface area contributed by atoms with Crippen LogP contribution >= 0.6 is 11.9 Å². The molecular formula is C10H8N2O3S. The molecule has 82 valence electrons. The summed E-state index contributed by atoms with van der Waals surface area (Å²) in [6, 6.07) is 9.10. The lowest BCUT2D eigenvalue weighted by Crippen LogP contribution is -1.94. The number of cyclic esters (lactones) is 1. The van der Waals surface area contributed by atoms with Crippen LogP contribution in [0.3, 0.4) is 0 Å². The topological polar surface area (TPSA) is 71.2 Å². The van der Waals surface area contributed by atoms with E-state index in [0.717, 1.165) is 11.9 Å². The molecule has 0 radical (unpaired) electrons. The summed E-state index contributed by atoms with van der Waals surface area (Å²) in [6.07, 6.45) is 0. The van der Waals surface area contributed by atoms with Gasteiger partial charge < -0.3 is 9.84 Å². The first-order valence-electron chi connectivity index (χ1n) is 4.50.